The Morgan fingerprint density at radius 1 is 1.33 bits per heavy atom. The summed E-state index contributed by atoms with van der Waals surface area (Å²) in [6.45, 7) is 3.71. The van der Waals surface area contributed by atoms with Crippen LogP contribution >= 0.6 is 0 Å². The number of aromatic hydroxyl groups is 1. The minimum absolute atomic E-state index is 0.148. The van der Waals surface area contributed by atoms with E-state index < -0.39 is 11.4 Å². The van der Waals surface area contributed by atoms with Crippen molar-refractivity contribution in [2.45, 2.75) is 32.1 Å². The summed E-state index contributed by atoms with van der Waals surface area (Å²) < 4.78 is 0. The SMILES string of the molecule is Cc1ccc(C2(C(=O)O)CC2)c(O)c1C. The lowest BCUT2D eigenvalue weighted by Gasteiger charge is -2.15. The molecule has 0 bridgehead atoms. The average Bonchev–Trinajstić information content (AvgIpc) is 2.95. The Balaban J connectivity index is 2.55. The maximum atomic E-state index is 11.1. The van der Waals surface area contributed by atoms with Crippen molar-refractivity contribution >= 4 is 5.97 Å². The number of aryl methyl sites for hydroxylation is 1. The highest BCUT2D eigenvalue weighted by atomic mass is 16.4. The van der Waals surface area contributed by atoms with E-state index in [9.17, 15) is 9.90 Å². The van der Waals surface area contributed by atoms with E-state index in [0.717, 1.165) is 11.1 Å². The molecule has 2 N–H and O–H groups in total. The second-order valence-electron chi connectivity index (χ2n) is 4.29. The van der Waals surface area contributed by atoms with Crippen molar-refractivity contribution in [3.8, 4) is 5.75 Å². The van der Waals surface area contributed by atoms with Crippen LogP contribution < -0.4 is 0 Å². The van der Waals surface area contributed by atoms with Gasteiger partial charge in [0, 0.05) is 5.56 Å². The molecule has 80 valence electrons. The summed E-state index contributed by atoms with van der Waals surface area (Å²) in [5, 5.41) is 19.1. The van der Waals surface area contributed by atoms with Crippen LogP contribution in [0.4, 0.5) is 0 Å². The summed E-state index contributed by atoms with van der Waals surface area (Å²) >= 11 is 0. The summed E-state index contributed by atoms with van der Waals surface area (Å²) in [6, 6.07) is 3.60. The van der Waals surface area contributed by atoms with E-state index in [0.29, 0.717) is 18.4 Å². The number of rotatable bonds is 2. The van der Waals surface area contributed by atoms with Crippen LogP contribution in [0.15, 0.2) is 12.1 Å². The molecule has 15 heavy (non-hydrogen) atoms. The van der Waals surface area contributed by atoms with Gasteiger partial charge >= 0.3 is 5.97 Å². The maximum absolute atomic E-state index is 11.1. The fourth-order valence-electron chi connectivity index (χ4n) is 1.91. The van der Waals surface area contributed by atoms with Gasteiger partial charge in [0.1, 0.15) is 5.75 Å². The molecule has 1 aromatic rings. The van der Waals surface area contributed by atoms with Gasteiger partial charge in [0.15, 0.2) is 0 Å². The first-order chi connectivity index (χ1) is 6.99. The maximum Gasteiger partial charge on any atom is 0.314 e. The Hall–Kier alpha value is -1.51. The molecule has 1 aromatic carbocycles. The van der Waals surface area contributed by atoms with E-state index in [-0.39, 0.29) is 5.75 Å². The zero-order valence-electron chi connectivity index (χ0n) is 8.87. The number of carbonyl (C=O) groups is 1. The van der Waals surface area contributed by atoms with Gasteiger partial charge in [0.25, 0.3) is 0 Å². The van der Waals surface area contributed by atoms with Gasteiger partial charge in [-0.25, -0.2) is 0 Å². The second kappa shape index (κ2) is 2.99. The highest BCUT2D eigenvalue weighted by Crippen LogP contribution is 2.52. The van der Waals surface area contributed by atoms with Gasteiger partial charge in [-0.2, -0.15) is 0 Å². The fraction of sp³-hybridized carbons (Fsp3) is 0.417. The van der Waals surface area contributed by atoms with E-state index in [4.69, 9.17) is 5.11 Å². The number of phenolic OH excluding ortho intramolecular Hbond substituents is 1. The summed E-state index contributed by atoms with van der Waals surface area (Å²) in [4.78, 5) is 11.1. The molecular formula is C12H14O3. The largest absolute Gasteiger partial charge is 0.507 e. The third-order valence-electron chi connectivity index (χ3n) is 3.38. The van der Waals surface area contributed by atoms with Crippen LogP contribution in [0, 0.1) is 13.8 Å². The lowest BCUT2D eigenvalue weighted by Crippen LogP contribution is -2.19. The van der Waals surface area contributed by atoms with Crippen LogP contribution in [0.25, 0.3) is 0 Å². The molecule has 1 fully saturated rings. The van der Waals surface area contributed by atoms with E-state index >= 15 is 0 Å². The first kappa shape index (κ1) is 10.0. The minimum Gasteiger partial charge on any atom is -0.507 e. The number of carboxylic acid groups (broad SMARTS) is 1. The monoisotopic (exact) mass is 206 g/mol. The number of hydrogen-bond donors (Lipinski definition) is 2. The molecule has 0 radical (unpaired) electrons. The van der Waals surface area contributed by atoms with Crippen molar-refractivity contribution in [2.24, 2.45) is 0 Å². The molecule has 0 aromatic heterocycles. The first-order valence-corrected chi connectivity index (χ1v) is 5.02. The third kappa shape index (κ3) is 1.30. The van der Waals surface area contributed by atoms with Crippen LogP contribution in [0.1, 0.15) is 29.5 Å². The molecule has 0 unspecified atom stereocenters. The smallest absolute Gasteiger partial charge is 0.314 e. The molecule has 0 atom stereocenters. The summed E-state index contributed by atoms with van der Waals surface area (Å²) in [5.74, 6) is -0.684. The number of phenols is 1. The molecule has 0 amide bonds. The molecule has 2 rings (SSSR count). The Kier molecular flexibility index (Phi) is 2.00. The Labute approximate surface area is 88.4 Å². The average molecular weight is 206 g/mol. The van der Waals surface area contributed by atoms with Crippen molar-refractivity contribution < 1.29 is 15.0 Å². The molecule has 3 nitrogen and oxygen atoms in total. The van der Waals surface area contributed by atoms with Crippen LogP contribution in [0.3, 0.4) is 0 Å². The number of benzene rings is 1. The van der Waals surface area contributed by atoms with E-state index in [1.54, 1.807) is 6.07 Å². The molecule has 0 spiro atoms. The van der Waals surface area contributed by atoms with Crippen LogP contribution in [0.5, 0.6) is 5.75 Å². The van der Waals surface area contributed by atoms with Crippen LogP contribution in [-0.4, -0.2) is 16.2 Å². The van der Waals surface area contributed by atoms with Crippen molar-refractivity contribution in [1.82, 2.24) is 0 Å². The van der Waals surface area contributed by atoms with Crippen molar-refractivity contribution in [3.63, 3.8) is 0 Å². The molecular weight excluding hydrogens is 192 g/mol. The van der Waals surface area contributed by atoms with Crippen molar-refractivity contribution in [1.29, 1.82) is 0 Å². The van der Waals surface area contributed by atoms with E-state index in [1.165, 1.54) is 0 Å². The standard InChI is InChI=1S/C12H14O3/c1-7-3-4-9(10(13)8(7)2)12(5-6-12)11(14)15/h3-4,13H,5-6H2,1-2H3,(H,14,15). The zero-order valence-corrected chi connectivity index (χ0v) is 8.87. The van der Waals surface area contributed by atoms with E-state index in [2.05, 4.69) is 0 Å². The quantitative estimate of drug-likeness (QED) is 0.779. The molecule has 0 heterocycles. The minimum atomic E-state index is -0.832. The summed E-state index contributed by atoms with van der Waals surface area (Å²) in [5.41, 5.74) is 1.51. The number of carboxylic acids is 1. The number of hydrogen-bond acceptors (Lipinski definition) is 2. The Morgan fingerprint density at radius 3 is 2.40 bits per heavy atom. The second-order valence-corrected chi connectivity index (χ2v) is 4.29. The predicted octanol–water partition coefficient (Wildman–Crippen LogP) is 2.13. The van der Waals surface area contributed by atoms with Gasteiger partial charge in [-0.05, 0) is 37.8 Å². The predicted molar refractivity (Wildman–Crippen MR) is 56.1 cm³/mol. The van der Waals surface area contributed by atoms with Crippen molar-refractivity contribution in [2.75, 3.05) is 0 Å². The van der Waals surface area contributed by atoms with Crippen molar-refractivity contribution in [3.05, 3.63) is 28.8 Å². The molecule has 0 saturated heterocycles. The number of aliphatic carboxylic acids is 1. The van der Waals surface area contributed by atoms with Gasteiger partial charge in [0.2, 0.25) is 0 Å². The topological polar surface area (TPSA) is 57.5 Å². The lowest BCUT2D eigenvalue weighted by molar-refractivity contribution is -0.140. The normalized spacial score (nSPS) is 17.5. The molecule has 1 aliphatic rings. The van der Waals surface area contributed by atoms with Crippen LogP contribution in [0.2, 0.25) is 0 Å². The molecule has 0 aliphatic heterocycles. The highest BCUT2D eigenvalue weighted by Gasteiger charge is 2.53. The zero-order chi connectivity index (χ0) is 11.2. The lowest BCUT2D eigenvalue weighted by atomic mass is 9.92. The van der Waals surface area contributed by atoms with E-state index in [1.807, 2.05) is 19.9 Å². The highest BCUT2D eigenvalue weighted by molar-refractivity contribution is 5.86. The van der Waals surface area contributed by atoms with Gasteiger partial charge in [-0.1, -0.05) is 12.1 Å². The van der Waals surface area contributed by atoms with Gasteiger partial charge in [-0.15, -0.1) is 0 Å². The first-order valence-electron chi connectivity index (χ1n) is 5.02. The Bertz CT molecular complexity index is 431. The van der Waals surface area contributed by atoms with Gasteiger partial charge < -0.3 is 10.2 Å². The Morgan fingerprint density at radius 2 is 1.93 bits per heavy atom. The fourth-order valence-corrected chi connectivity index (χ4v) is 1.91. The third-order valence-corrected chi connectivity index (χ3v) is 3.38. The summed E-state index contributed by atoms with van der Waals surface area (Å²) in [7, 11) is 0. The molecule has 1 saturated carbocycles. The van der Waals surface area contributed by atoms with Crippen LogP contribution in [-0.2, 0) is 10.2 Å². The van der Waals surface area contributed by atoms with Gasteiger partial charge in [-0.3, -0.25) is 4.79 Å². The van der Waals surface area contributed by atoms with Gasteiger partial charge in [0.05, 0.1) is 5.41 Å². The summed E-state index contributed by atoms with van der Waals surface area (Å²) in [6.07, 6.45) is 1.25. The molecule has 3 heteroatoms. The molecule has 1 aliphatic carbocycles.